The van der Waals surface area contributed by atoms with E-state index in [4.69, 9.17) is 4.74 Å². The Morgan fingerprint density at radius 3 is 2.67 bits per heavy atom. The molecule has 0 N–H and O–H groups in total. The summed E-state index contributed by atoms with van der Waals surface area (Å²) in [6, 6.07) is 9.46. The number of benzene rings is 2. The molecule has 0 aliphatic carbocycles. The van der Waals surface area contributed by atoms with Crippen molar-refractivity contribution in [1.29, 1.82) is 0 Å². The van der Waals surface area contributed by atoms with E-state index in [1.165, 1.54) is 6.07 Å². The molecule has 18 heavy (non-hydrogen) atoms. The van der Waals surface area contributed by atoms with Crippen LogP contribution in [-0.2, 0) is 0 Å². The Bertz CT molecular complexity index is 596. The number of aldehydes is 1. The van der Waals surface area contributed by atoms with E-state index in [-0.39, 0.29) is 5.75 Å². The standard InChI is InChI=1S/C14H10BrFO2/c1-9-6-12(4-2-10(9)8-17)18-14-7-11(15)3-5-13(14)16/h2-8H,1H3. The van der Waals surface area contributed by atoms with Gasteiger partial charge in [-0.1, -0.05) is 15.9 Å². The molecule has 0 saturated heterocycles. The van der Waals surface area contributed by atoms with Crippen LogP contribution >= 0.6 is 15.9 Å². The predicted molar refractivity (Wildman–Crippen MR) is 70.7 cm³/mol. The minimum atomic E-state index is -0.435. The van der Waals surface area contributed by atoms with Crippen LogP contribution in [0, 0.1) is 12.7 Å². The molecule has 0 aromatic heterocycles. The van der Waals surface area contributed by atoms with Gasteiger partial charge in [-0.25, -0.2) is 4.39 Å². The van der Waals surface area contributed by atoms with Crippen molar-refractivity contribution in [3.8, 4) is 11.5 Å². The van der Waals surface area contributed by atoms with Gasteiger partial charge >= 0.3 is 0 Å². The second kappa shape index (κ2) is 5.31. The van der Waals surface area contributed by atoms with E-state index in [2.05, 4.69) is 15.9 Å². The molecule has 2 aromatic carbocycles. The van der Waals surface area contributed by atoms with Crippen molar-refractivity contribution in [3.05, 3.63) is 57.8 Å². The highest BCUT2D eigenvalue weighted by molar-refractivity contribution is 9.10. The van der Waals surface area contributed by atoms with Crippen molar-refractivity contribution >= 4 is 22.2 Å². The van der Waals surface area contributed by atoms with E-state index in [1.54, 1.807) is 37.3 Å². The Morgan fingerprint density at radius 2 is 2.00 bits per heavy atom. The number of aryl methyl sites for hydroxylation is 1. The minimum Gasteiger partial charge on any atom is -0.454 e. The third kappa shape index (κ3) is 2.76. The number of hydrogen-bond donors (Lipinski definition) is 0. The number of carbonyl (C=O) groups is 1. The summed E-state index contributed by atoms with van der Waals surface area (Å²) in [6.45, 7) is 1.80. The minimum absolute atomic E-state index is 0.141. The lowest BCUT2D eigenvalue weighted by atomic mass is 10.1. The lowest BCUT2D eigenvalue weighted by Gasteiger charge is -2.08. The van der Waals surface area contributed by atoms with Gasteiger partial charge in [-0.2, -0.15) is 0 Å². The van der Waals surface area contributed by atoms with E-state index < -0.39 is 5.82 Å². The third-order valence-electron chi connectivity index (χ3n) is 2.49. The van der Waals surface area contributed by atoms with Crippen molar-refractivity contribution < 1.29 is 13.9 Å². The highest BCUT2D eigenvalue weighted by Gasteiger charge is 2.06. The van der Waals surface area contributed by atoms with E-state index in [0.717, 1.165) is 16.3 Å². The molecule has 0 aliphatic heterocycles. The summed E-state index contributed by atoms with van der Waals surface area (Å²) in [7, 11) is 0. The molecular formula is C14H10BrFO2. The zero-order valence-electron chi connectivity index (χ0n) is 9.61. The molecule has 2 nitrogen and oxygen atoms in total. The number of hydrogen-bond acceptors (Lipinski definition) is 2. The summed E-state index contributed by atoms with van der Waals surface area (Å²) in [6.07, 6.45) is 0.777. The quantitative estimate of drug-likeness (QED) is 0.780. The molecule has 0 unspecified atom stereocenters. The fraction of sp³-hybridized carbons (Fsp3) is 0.0714. The lowest BCUT2D eigenvalue weighted by molar-refractivity contribution is 0.112. The monoisotopic (exact) mass is 308 g/mol. The highest BCUT2D eigenvalue weighted by atomic mass is 79.9. The van der Waals surface area contributed by atoms with Crippen LogP contribution in [0.4, 0.5) is 4.39 Å². The molecule has 2 rings (SSSR count). The van der Waals surface area contributed by atoms with Crippen LogP contribution in [0.2, 0.25) is 0 Å². The molecule has 2 aromatic rings. The zero-order valence-corrected chi connectivity index (χ0v) is 11.2. The van der Waals surface area contributed by atoms with Crippen LogP contribution in [0.3, 0.4) is 0 Å². The zero-order chi connectivity index (χ0) is 13.1. The number of ether oxygens (including phenoxy) is 1. The van der Waals surface area contributed by atoms with Gasteiger partial charge in [0.25, 0.3) is 0 Å². The first-order valence-electron chi connectivity index (χ1n) is 5.29. The highest BCUT2D eigenvalue weighted by Crippen LogP contribution is 2.28. The van der Waals surface area contributed by atoms with Crippen molar-refractivity contribution in [2.45, 2.75) is 6.92 Å². The fourth-order valence-electron chi connectivity index (χ4n) is 1.53. The Labute approximate surface area is 113 Å². The summed E-state index contributed by atoms with van der Waals surface area (Å²) in [5.74, 6) is 0.202. The van der Waals surface area contributed by atoms with Gasteiger partial charge in [0.2, 0.25) is 0 Å². The smallest absolute Gasteiger partial charge is 0.165 e. The maximum atomic E-state index is 13.5. The summed E-state index contributed by atoms with van der Waals surface area (Å²) in [5, 5.41) is 0. The lowest BCUT2D eigenvalue weighted by Crippen LogP contribution is -1.91. The predicted octanol–water partition coefficient (Wildman–Crippen LogP) is 4.50. The van der Waals surface area contributed by atoms with E-state index in [9.17, 15) is 9.18 Å². The first-order chi connectivity index (χ1) is 8.60. The molecule has 0 radical (unpaired) electrons. The molecule has 0 saturated carbocycles. The fourth-order valence-corrected chi connectivity index (χ4v) is 1.87. The van der Waals surface area contributed by atoms with Crippen LogP contribution < -0.4 is 4.74 Å². The van der Waals surface area contributed by atoms with Crippen LogP contribution in [0.5, 0.6) is 11.5 Å². The summed E-state index contributed by atoms with van der Waals surface area (Å²) in [5.41, 5.74) is 1.38. The molecular weight excluding hydrogens is 299 g/mol. The number of rotatable bonds is 3. The molecule has 0 aliphatic rings. The average Bonchev–Trinajstić information content (AvgIpc) is 2.34. The maximum absolute atomic E-state index is 13.5. The van der Waals surface area contributed by atoms with Crippen LogP contribution in [-0.4, -0.2) is 6.29 Å². The van der Waals surface area contributed by atoms with Gasteiger partial charge in [0.05, 0.1) is 0 Å². The van der Waals surface area contributed by atoms with Crippen LogP contribution in [0.1, 0.15) is 15.9 Å². The summed E-state index contributed by atoms with van der Waals surface area (Å²) < 4.78 is 19.7. The molecule has 4 heteroatoms. The largest absolute Gasteiger partial charge is 0.454 e. The molecule has 92 valence electrons. The number of halogens is 2. The second-order valence-electron chi connectivity index (χ2n) is 3.81. The molecule has 0 spiro atoms. The maximum Gasteiger partial charge on any atom is 0.165 e. The van der Waals surface area contributed by atoms with Crippen LogP contribution in [0.25, 0.3) is 0 Å². The summed E-state index contributed by atoms with van der Waals surface area (Å²) >= 11 is 3.25. The van der Waals surface area contributed by atoms with Gasteiger partial charge in [0.1, 0.15) is 12.0 Å². The van der Waals surface area contributed by atoms with E-state index in [0.29, 0.717) is 11.3 Å². The molecule has 0 atom stereocenters. The Balaban J connectivity index is 2.31. The van der Waals surface area contributed by atoms with Crippen molar-refractivity contribution in [2.24, 2.45) is 0 Å². The third-order valence-corrected chi connectivity index (χ3v) is 2.98. The summed E-state index contributed by atoms with van der Waals surface area (Å²) in [4.78, 5) is 10.7. The SMILES string of the molecule is Cc1cc(Oc2cc(Br)ccc2F)ccc1C=O. The van der Waals surface area contributed by atoms with Gasteiger partial charge in [-0.3, -0.25) is 4.79 Å². The molecule has 0 fully saturated rings. The van der Waals surface area contributed by atoms with E-state index in [1.807, 2.05) is 0 Å². The Kier molecular flexibility index (Phi) is 3.77. The van der Waals surface area contributed by atoms with Gasteiger partial charge in [-0.05, 0) is 48.9 Å². The van der Waals surface area contributed by atoms with Crippen molar-refractivity contribution in [2.75, 3.05) is 0 Å². The molecule has 0 amide bonds. The van der Waals surface area contributed by atoms with Gasteiger partial charge in [0, 0.05) is 10.0 Å². The Morgan fingerprint density at radius 1 is 1.22 bits per heavy atom. The molecule has 0 heterocycles. The van der Waals surface area contributed by atoms with Crippen molar-refractivity contribution in [3.63, 3.8) is 0 Å². The first-order valence-corrected chi connectivity index (χ1v) is 6.08. The van der Waals surface area contributed by atoms with Gasteiger partial charge in [-0.15, -0.1) is 0 Å². The van der Waals surface area contributed by atoms with E-state index >= 15 is 0 Å². The normalized spacial score (nSPS) is 10.2. The van der Waals surface area contributed by atoms with Crippen molar-refractivity contribution in [1.82, 2.24) is 0 Å². The Hall–Kier alpha value is -1.68. The second-order valence-corrected chi connectivity index (χ2v) is 4.73. The van der Waals surface area contributed by atoms with Gasteiger partial charge in [0.15, 0.2) is 11.6 Å². The average molecular weight is 309 g/mol. The number of carbonyl (C=O) groups excluding carboxylic acids is 1. The van der Waals surface area contributed by atoms with Crippen LogP contribution in [0.15, 0.2) is 40.9 Å². The topological polar surface area (TPSA) is 26.3 Å². The van der Waals surface area contributed by atoms with Gasteiger partial charge < -0.3 is 4.74 Å². The molecule has 0 bridgehead atoms. The first kappa shape index (κ1) is 12.8.